The molecule has 3 atom stereocenters. The van der Waals surface area contributed by atoms with E-state index in [0.29, 0.717) is 11.3 Å². The summed E-state index contributed by atoms with van der Waals surface area (Å²) in [6.45, 7) is 2.36. The van der Waals surface area contributed by atoms with Gasteiger partial charge in [0.05, 0.1) is 0 Å². The van der Waals surface area contributed by atoms with Crippen molar-refractivity contribution in [3.8, 4) is 0 Å². The molecule has 0 N–H and O–H groups in total. The number of fused-ring (bicyclic) bond motifs is 1. The number of rotatable bonds is 1. The Labute approximate surface area is 80.9 Å². The van der Waals surface area contributed by atoms with E-state index in [0.717, 1.165) is 12.3 Å². The fourth-order valence-electron chi connectivity index (χ4n) is 3.53. The van der Waals surface area contributed by atoms with Crippen LogP contribution in [-0.4, -0.2) is 6.29 Å². The summed E-state index contributed by atoms with van der Waals surface area (Å²) >= 11 is 0. The van der Waals surface area contributed by atoms with Crippen LogP contribution in [0.2, 0.25) is 0 Å². The molecule has 2 saturated carbocycles. The Kier molecular flexibility index (Phi) is 2.44. The minimum absolute atomic E-state index is 0.367. The highest BCUT2D eigenvalue weighted by Crippen LogP contribution is 2.52. The second-order valence-electron chi connectivity index (χ2n) is 5.12. The summed E-state index contributed by atoms with van der Waals surface area (Å²) in [5.41, 5.74) is 0.373. The van der Waals surface area contributed by atoms with Gasteiger partial charge in [0.25, 0.3) is 0 Å². The maximum Gasteiger partial charge on any atom is 0.123 e. The predicted octanol–water partition coefficient (Wildman–Crippen LogP) is 3.18. The van der Waals surface area contributed by atoms with Crippen molar-refractivity contribution in [1.29, 1.82) is 0 Å². The number of carbonyl (C=O) groups excluding carboxylic acids is 1. The molecule has 0 heterocycles. The number of aldehydes is 1. The van der Waals surface area contributed by atoms with Gasteiger partial charge in [-0.15, -0.1) is 0 Å². The lowest BCUT2D eigenvalue weighted by molar-refractivity contribution is -0.120. The molecule has 1 nitrogen and oxygen atoms in total. The molecular formula is C12H20O. The smallest absolute Gasteiger partial charge is 0.123 e. The van der Waals surface area contributed by atoms with Gasteiger partial charge >= 0.3 is 0 Å². The van der Waals surface area contributed by atoms with Gasteiger partial charge in [-0.1, -0.05) is 26.2 Å². The molecule has 3 unspecified atom stereocenters. The van der Waals surface area contributed by atoms with E-state index in [1.54, 1.807) is 0 Å². The summed E-state index contributed by atoms with van der Waals surface area (Å²) in [6, 6.07) is 0. The molecule has 0 radical (unpaired) electrons. The zero-order chi connectivity index (χ0) is 9.31. The van der Waals surface area contributed by atoms with Gasteiger partial charge < -0.3 is 4.79 Å². The van der Waals surface area contributed by atoms with E-state index in [1.165, 1.54) is 44.8 Å². The maximum absolute atomic E-state index is 11.0. The van der Waals surface area contributed by atoms with Crippen LogP contribution in [0.25, 0.3) is 0 Å². The monoisotopic (exact) mass is 180 g/mol. The van der Waals surface area contributed by atoms with E-state index >= 15 is 0 Å². The van der Waals surface area contributed by atoms with Crippen LogP contribution in [0, 0.1) is 17.3 Å². The molecule has 2 fully saturated rings. The SMILES string of the molecule is CC12CCCCC1CCCC2C=O. The van der Waals surface area contributed by atoms with E-state index in [-0.39, 0.29) is 0 Å². The zero-order valence-electron chi connectivity index (χ0n) is 8.59. The summed E-state index contributed by atoms with van der Waals surface area (Å²) in [4.78, 5) is 11.0. The van der Waals surface area contributed by atoms with Gasteiger partial charge in [-0.3, -0.25) is 0 Å². The van der Waals surface area contributed by atoms with Crippen molar-refractivity contribution < 1.29 is 4.79 Å². The largest absolute Gasteiger partial charge is 0.303 e. The van der Waals surface area contributed by atoms with Gasteiger partial charge in [0.15, 0.2) is 0 Å². The highest BCUT2D eigenvalue weighted by Gasteiger charge is 2.44. The lowest BCUT2D eigenvalue weighted by Crippen LogP contribution is -2.41. The van der Waals surface area contributed by atoms with Gasteiger partial charge in [0.2, 0.25) is 0 Å². The minimum Gasteiger partial charge on any atom is -0.303 e. The molecule has 0 amide bonds. The highest BCUT2D eigenvalue weighted by atomic mass is 16.1. The summed E-state index contributed by atoms with van der Waals surface area (Å²) in [6.07, 6.45) is 10.4. The summed E-state index contributed by atoms with van der Waals surface area (Å²) < 4.78 is 0. The molecule has 0 spiro atoms. The first-order chi connectivity index (χ1) is 6.27. The first-order valence-corrected chi connectivity index (χ1v) is 5.72. The number of hydrogen-bond donors (Lipinski definition) is 0. The minimum atomic E-state index is 0.367. The van der Waals surface area contributed by atoms with Gasteiger partial charge in [-0.05, 0) is 37.0 Å². The van der Waals surface area contributed by atoms with Crippen molar-refractivity contribution in [3.63, 3.8) is 0 Å². The van der Waals surface area contributed by atoms with E-state index in [9.17, 15) is 4.79 Å². The Morgan fingerprint density at radius 2 is 1.92 bits per heavy atom. The van der Waals surface area contributed by atoms with Crippen molar-refractivity contribution in [1.82, 2.24) is 0 Å². The van der Waals surface area contributed by atoms with Gasteiger partial charge in [0.1, 0.15) is 6.29 Å². The third-order valence-electron chi connectivity index (χ3n) is 4.53. The lowest BCUT2D eigenvalue weighted by atomic mass is 9.56. The van der Waals surface area contributed by atoms with E-state index in [2.05, 4.69) is 6.92 Å². The Balaban J connectivity index is 2.18. The van der Waals surface area contributed by atoms with Crippen LogP contribution in [0.15, 0.2) is 0 Å². The van der Waals surface area contributed by atoms with Crippen molar-refractivity contribution >= 4 is 6.29 Å². The van der Waals surface area contributed by atoms with Crippen LogP contribution in [0.4, 0.5) is 0 Å². The normalized spacial score (nSPS) is 45.3. The molecule has 1 heteroatoms. The topological polar surface area (TPSA) is 17.1 Å². The first-order valence-electron chi connectivity index (χ1n) is 5.72. The molecule has 2 rings (SSSR count). The lowest BCUT2D eigenvalue weighted by Gasteiger charge is -2.48. The van der Waals surface area contributed by atoms with Crippen molar-refractivity contribution in [2.24, 2.45) is 17.3 Å². The Morgan fingerprint density at radius 3 is 2.69 bits per heavy atom. The van der Waals surface area contributed by atoms with E-state index in [1.807, 2.05) is 0 Å². The maximum atomic E-state index is 11.0. The van der Waals surface area contributed by atoms with Crippen LogP contribution in [-0.2, 0) is 4.79 Å². The predicted molar refractivity (Wildman–Crippen MR) is 53.5 cm³/mol. The Hall–Kier alpha value is -0.330. The fourth-order valence-corrected chi connectivity index (χ4v) is 3.53. The molecule has 0 bridgehead atoms. The van der Waals surface area contributed by atoms with Crippen LogP contribution >= 0.6 is 0 Å². The summed E-state index contributed by atoms with van der Waals surface area (Å²) in [7, 11) is 0. The Bertz CT molecular complexity index is 197. The first kappa shape index (κ1) is 9.23. The zero-order valence-corrected chi connectivity index (χ0v) is 8.59. The van der Waals surface area contributed by atoms with Crippen molar-refractivity contribution in [2.45, 2.75) is 51.9 Å². The van der Waals surface area contributed by atoms with Crippen molar-refractivity contribution in [3.05, 3.63) is 0 Å². The average molecular weight is 180 g/mol. The average Bonchev–Trinajstić information content (AvgIpc) is 2.16. The van der Waals surface area contributed by atoms with Crippen LogP contribution in [0.3, 0.4) is 0 Å². The van der Waals surface area contributed by atoms with Gasteiger partial charge in [0, 0.05) is 5.92 Å². The quantitative estimate of drug-likeness (QED) is 0.566. The third-order valence-corrected chi connectivity index (χ3v) is 4.53. The molecule has 13 heavy (non-hydrogen) atoms. The molecule has 0 saturated heterocycles. The molecule has 2 aliphatic carbocycles. The second kappa shape index (κ2) is 3.43. The van der Waals surface area contributed by atoms with Crippen molar-refractivity contribution in [2.75, 3.05) is 0 Å². The van der Waals surface area contributed by atoms with Gasteiger partial charge in [-0.25, -0.2) is 0 Å². The van der Waals surface area contributed by atoms with E-state index in [4.69, 9.17) is 0 Å². The molecular weight excluding hydrogens is 160 g/mol. The Morgan fingerprint density at radius 1 is 1.15 bits per heavy atom. The molecule has 0 aromatic carbocycles. The highest BCUT2D eigenvalue weighted by molar-refractivity contribution is 5.55. The molecule has 0 aromatic rings. The van der Waals surface area contributed by atoms with E-state index < -0.39 is 0 Å². The molecule has 74 valence electrons. The van der Waals surface area contributed by atoms with Crippen LogP contribution in [0.1, 0.15) is 51.9 Å². The van der Waals surface area contributed by atoms with Crippen LogP contribution < -0.4 is 0 Å². The number of hydrogen-bond acceptors (Lipinski definition) is 1. The fraction of sp³-hybridized carbons (Fsp3) is 0.917. The van der Waals surface area contributed by atoms with Gasteiger partial charge in [-0.2, -0.15) is 0 Å². The standard InChI is InChI=1S/C12H20O/c1-12-8-3-2-5-10(12)6-4-7-11(12)9-13/h9-11H,2-8H2,1H3. The second-order valence-corrected chi connectivity index (χ2v) is 5.12. The number of carbonyl (C=O) groups is 1. The molecule has 0 aliphatic heterocycles. The molecule has 0 aromatic heterocycles. The summed E-state index contributed by atoms with van der Waals surface area (Å²) in [5.74, 6) is 1.22. The summed E-state index contributed by atoms with van der Waals surface area (Å²) in [5, 5.41) is 0. The van der Waals surface area contributed by atoms with Crippen LogP contribution in [0.5, 0.6) is 0 Å². The molecule has 2 aliphatic rings. The third kappa shape index (κ3) is 1.43.